The van der Waals surface area contributed by atoms with E-state index in [0.717, 1.165) is 37.6 Å². The predicted molar refractivity (Wildman–Crippen MR) is 152 cm³/mol. The second kappa shape index (κ2) is 10.8. The maximum Gasteiger partial charge on any atom is 0.329 e. The number of likely N-dealkylation sites (N-methyl/N-ethyl adjacent to an activating group) is 1. The number of carbonyl (C=O) groups is 1. The quantitative estimate of drug-likeness (QED) is 0.369. The fourth-order valence-electron chi connectivity index (χ4n) is 5.65. The summed E-state index contributed by atoms with van der Waals surface area (Å²) in [6, 6.07) is 7.53. The van der Waals surface area contributed by atoms with Crippen LogP contribution in [0.15, 0.2) is 46.2 Å². The Labute approximate surface area is 230 Å². The van der Waals surface area contributed by atoms with Gasteiger partial charge in [-0.15, -0.1) is 0 Å². The number of aromatic amines is 1. The molecule has 0 atom stereocenters. The summed E-state index contributed by atoms with van der Waals surface area (Å²) in [5.41, 5.74) is 2.06. The van der Waals surface area contributed by atoms with Crippen molar-refractivity contribution in [1.29, 1.82) is 0 Å². The number of nitrogens with zero attached hydrogens (tertiary/aromatic N) is 7. The lowest BCUT2D eigenvalue weighted by Crippen LogP contribution is -2.44. The summed E-state index contributed by atoms with van der Waals surface area (Å²) >= 11 is 0. The largest absolute Gasteiger partial charge is 0.375 e. The van der Waals surface area contributed by atoms with E-state index in [1.54, 1.807) is 9.47 Å². The average Bonchev–Trinajstić information content (AvgIpc) is 2.98. The maximum atomic E-state index is 13.2. The minimum atomic E-state index is -0.497. The van der Waals surface area contributed by atoms with Gasteiger partial charge in [0.25, 0.3) is 5.56 Å². The number of ether oxygens (including phenoxy) is 1. The molecule has 2 aliphatic heterocycles. The first-order valence-corrected chi connectivity index (χ1v) is 13.5. The number of amides is 1. The highest BCUT2D eigenvalue weighted by atomic mass is 16.5. The van der Waals surface area contributed by atoms with Gasteiger partial charge in [0.2, 0.25) is 5.91 Å². The molecule has 0 aliphatic carbocycles. The average molecular weight is 545 g/mol. The van der Waals surface area contributed by atoms with E-state index in [0.29, 0.717) is 53.6 Å². The van der Waals surface area contributed by atoms with Gasteiger partial charge in [-0.25, -0.2) is 14.8 Å². The molecule has 4 aromatic heterocycles. The highest BCUT2D eigenvalue weighted by Crippen LogP contribution is 2.29. The van der Waals surface area contributed by atoms with Crippen LogP contribution in [0.4, 0.5) is 5.82 Å². The van der Waals surface area contributed by atoms with Crippen molar-refractivity contribution in [2.24, 2.45) is 0 Å². The predicted octanol–water partition coefficient (Wildman–Crippen LogP) is 1.26. The zero-order chi connectivity index (χ0) is 27.8. The number of piperazine rings is 1. The van der Waals surface area contributed by atoms with Crippen LogP contribution >= 0.6 is 0 Å². The Morgan fingerprint density at radius 1 is 1.00 bits per heavy atom. The number of H-pyrrole nitrogens is 1. The highest BCUT2D eigenvalue weighted by molar-refractivity contribution is 6.01. The molecule has 0 radical (unpaired) electrons. The lowest BCUT2D eigenvalue weighted by atomic mass is 10.0. The summed E-state index contributed by atoms with van der Waals surface area (Å²) in [7, 11) is 3.62. The fraction of sp³-hybridized carbons (Fsp3) is 0.429. The van der Waals surface area contributed by atoms with E-state index in [1.807, 2.05) is 30.5 Å². The van der Waals surface area contributed by atoms with Crippen LogP contribution in [0.2, 0.25) is 0 Å². The third kappa shape index (κ3) is 4.84. The van der Waals surface area contributed by atoms with Crippen molar-refractivity contribution in [3.63, 3.8) is 0 Å². The first kappa shape index (κ1) is 26.1. The summed E-state index contributed by atoms with van der Waals surface area (Å²) in [5.74, 6) is 0.855. The molecule has 12 nitrogen and oxygen atoms in total. The number of carbonyl (C=O) groups excluding carboxylic acids is 1. The monoisotopic (exact) mass is 544 g/mol. The molecule has 0 unspecified atom stereocenters. The van der Waals surface area contributed by atoms with Crippen molar-refractivity contribution in [3.05, 3.63) is 57.5 Å². The van der Waals surface area contributed by atoms with Gasteiger partial charge in [-0.05, 0) is 44.2 Å². The molecule has 1 amide bonds. The van der Waals surface area contributed by atoms with E-state index in [9.17, 15) is 14.4 Å². The third-order valence-corrected chi connectivity index (χ3v) is 7.93. The molecule has 208 valence electrons. The van der Waals surface area contributed by atoms with Crippen molar-refractivity contribution < 1.29 is 9.53 Å². The molecule has 12 heteroatoms. The molecule has 0 bridgehead atoms. The molecular formula is C28H32N8O4. The minimum Gasteiger partial charge on any atom is -0.375 e. The first-order chi connectivity index (χ1) is 19.4. The van der Waals surface area contributed by atoms with E-state index >= 15 is 0 Å². The van der Waals surface area contributed by atoms with Crippen molar-refractivity contribution in [2.45, 2.75) is 18.9 Å². The Hall–Kier alpha value is -4.16. The molecule has 4 aromatic rings. The second-order valence-corrected chi connectivity index (χ2v) is 10.5. The Morgan fingerprint density at radius 3 is 2.48 bits per heavy atom. The van der Waals surface area contributed by atoms with Gasteiger partial charge in [-0.3, -0.25) is 24.1 Å². The Morgan fingerprint density at radius 2 is 1.77 bits per heavy atom. The van der Waals surface area contributed by atoms with Crippen molar-refractivity contribution in [2.75, 3.05) is 64.9 Å². The summed E-state index contributed by atoms with van der Waals surface area (Å²) in [5, 5.41) is 0.304. The smallest absolute Gasteiger partial charge is 0.329 e. The number of rotatable bonds is 5. The lowest BCUT2D eigenvalue weighted by molar-refractivity contribution is -0.136. The fourth-order valence-corrected chi connectivity index (χ4v) is 5.65. The Bertz CT molecular complexity index is 1670. The molecule has 40 heavy (non-hydrogen) atoms. The number of anilines is 1. The molecule has 2 aliphatic rings. The van der Waals surface area contributed by atoms with Gasteiger partial charge >= 0.3 is 5.69 Å². The molecule has 2 fully saturated rings. The van der Waals surface area contributed by atoms with Crippen LogP contribution in [0.5, 0.6) is 0 Å². The lowest BCUT2D eigenvalue weighted by Gasteiger charge is -2.33. The number of hydrogen-bond acceptors (Lipinski definition) is 9. The zero-order valence-electron chi connectivity index (χ0n) is 22.7. The van der Waals surface area contributed by atoms with Crippen LogP contribution in [0, 0.1) is 0 Å². The number of piperidine rings is 1. The van der Waals surface area contributed by atoms with Crippen LogP contribution in [-0.2, 0) is 9.53 Å². The Kier molecular flexibility index (Phi) is 7.03. The molecule has 2 saturated heterocycles. The van der Waals surface area contributed by atoms with Crippen molar-refractivity contribution >= 4 is 33.7 Å². The molecular weight excluding hydrogens is 512 g/mol. The van der Waals surface area contributed by atoms with E-state index in [4.69, 9.17) is 14.7 Å². The van der Waals surface area contributed by atoms with Gasteiger partial charge in [0.1, 0.15) is 17.9 Å². The molecule has 0 spiro atoms. The zero-order valence-corrected chi connectivity index (χ0v) is 22.7. The van der Waals surface area contributed by atoms with Gasteiger partial charge < -0.3 is 19.4 Å². The minimum absolute atomic E-state index is 0.0282. The van der Waals surface area contributed by atoms with E-state index < -0.39 is 11.2 Å². The summed E-state index contributed by atoms with van der Waals surface area (Å²) in [4.78, 5) is 61.2. The van der Waals surface area contributed by atoms with E-state index in [2.05, 4.69) is 26.8 Å². The van der Waals surface area contributed by atoms with Crippen molar-refractivity contribution in [1.82, 2.24) is 34.3 Å². The van der Waals surface area contributed by atoms with E-state index in [1.165, 1.54) is 13.3 Å². The number of methoxy groups -OCH3 is 1. The summed E-state index contributed by atoms with van der Waals surface area (Å²) < 4.78 is 6.61. The Balaban J connectivity index is 1.38. The van der Waals surface area contributed by atoms with E-state index in [-0.39, 0.29) is 18.6 Å². The number of fused-ring (bicyclic) bond motifs is 3. The van der Waals surface area contributed by atoms with Gasteiger partial charge in [0.05, 0.1) is 22.1 Å². The number of pyridine rings is 3. The molecule has 0 aromatic carbocycles. The molecule has 6 heterocycles. The van der Waals surface area contributed by atoms with Gasteiger partial charge in [-0.2, -0.15) is 0 Å². The second-order valence-electron chi connectivity index (χ2n) is 10.5. The van der Waals surface area contributed by atoms with Crippen molar-refractivity contribution in [3.8, 4) is 11.3 Å². The molecule has 1 N–H and O–H groups in total. The standard InChI is InChI=1S/C28H32N8O4/c1-33-11-13-34(14-12-33)23-6-3-18(15-30-23)21-4-5-22-25(31-21)26-20(16-29-22)27(38)32-28(39)36(26)19-7-9-35(10-8-19)24(37)17-40-2/h3-6,15-16,19H,7-14,17H2,1-2H3,(H,32,38,39). The third-order valence-electron chi connectivity index (χ3n) is 7.93. The van der Waals surface area contributed by atoms with Crippen LogP contribution in [0.25, 0.3) is 33.2 Å². The SMILES string of the molecule is COCC(=O)N1CCC(n2c(=O)[nH]c(=O)c3cnc4ccc(-c5ccc(N6CCN(C)CC6)nc5)nc4c32)CC1. The van der Waals surface area contributed by atoms with Crippen LogP contribution in [0.3, 0.4) is 0 Å². The number of nitrogens with one attached hydrogen (secondary N) is 1. The molecule has 0 saturated carbocycles. The normalized spacial score (nSPS) is 17.1. The highest BCUT2D eigenvalue weighted by Gasteiger charge is 2.27. The number of hydrogen-bond donors (Lipinski definition) is 1. The maximum absolute atomic E-state index is 13.2. The number of aromatic nitrogens is 5. The van der Waals surface area contributed by atoms with Crippen LogP contribution < -0.4 is 16.1 Å². The summed E-state index contributed by atoms with van der Waals surface area (Å²) in [6.07, 6.45) is 4.44. The molecule has 6 rings (SSSR count). The first-order valence-electron chi connectivity index (χ1n) is 13.5. The van der Waals surface area contributed by atoms with Crippen LogP contribution in [-0.4, -0.2) is 100 Å². The van der Waals surface area contributed by atoms with Crippen LogP contribution in [0.1, 0.15) is 18.9 Å². The van der Waals surface area contributed by atoms with Gasteiger partial charge in [-0.1, -0.05) is 0 Å². The topological polar surface area (TPSA) is 130 Å². The van der Waals surface area contributed by atoms with Gasteiger partial charge in [0.15, 0.2) is 0 Å². The summed E-state index contributed by atoms with van der Waals surface area (Å²) in [6.45, 7) is 4.87. The van der Waals surface area contributed by atoms with Gasteiger partial charge in [0, 0.05) is 70.4 Å². The number of likely N-dealkylation sites (tertiary alicyclic amines) is 1.